The Bertz CT molecular complexity index is 857. The molecule has 3 aromatic carbocycles. The second kappa shape index (κ2) is 7.28. The maximum absolute atomic E-state index is 12.5. The van der Waals surface area contributed by atoms with Crippen LogP contribution in [-0.4, -0.2) is 13.0 Å². The number of methoxy groups -OCH3 is 1. The molecule has 0 saturated heterocycles. The normalized spacial score (nSPS) is 12.1. The monoisotopic (exact) mass is 319 g/mol. The van der Waals surface area contributed by atoms with E-state index in [0.29, 0.717) is 12.2 Å². The molecule has 0 spiro atoms. The standard InChI is InChI=1S/C21H21NO2/c1-15(18-11-10-17-7-3-4-8-19(17)13-18)22-21(23)20-9-5-6-16(12-20)14-24-2/h3-13,15H,14H2,1-2H3,(H,22,23). The van der Waals surface area contributed by atoms with Gasteiger partial charge in [0.1, 0.15) is 0 Å². The van der Waals surface area contributed by atoms with Gasteiger partial charge in [-0.3, -0.25) is 4.79 Å². The van der Waals surface area contributed by atoms with Gasteiger partial charge >= 0.3 is 0 Å². The van der Waals surface area contributed by atoms with Gasteiger partial charge in [0.25, 0.3) is 5.91 Å². The summed E-state index contributed by atoms with van der Waals surface area (Å²) in [5.41, 5.74) is 2.73. The van der Waals surface area contributed by atoms with Gasteiger partial charge in [0, 0.05) is 12.7 Å². The Morgan fingerprint density at radius 3 is 2.58 bits per heavy atom. The number of carbonyl (C=O) groups is 1. The van der Waals surface area contributed by atoms with Crippen LogP contribution in [0.1, 0.15) is 34.5 Å². The molecular formula is C21H21NO2. The van der Waals surface area contributed by atoms with E-state index in [1.807, 2.05) is 43.3 Å². The van der Waals surface area contributed by atoms with E-state index < -0.39 is 0 Å². The number of amides is 1. The van der Waals surface area contributed by atoms with Crippen molar-refractivity contribution in [3.05, 3.63) is 83.4 Å². The Morgan fingerprint density at radius 1 is 1.00 bits per heavy atom. The second-order valence-corrected chi connectivity index (χ2v) is 5.94. The van der Waals surface area contributed by atoms with Crippen molar-refractivity contribution in [2.45, 2.75) is 19.6 Å². The lowest BCUT2D eigenvalue weighted by Crippen LogP contribution is -2.26. The summed E-state index contributed by atoms with van der Waals surface area (Å²) in [4.78, 5) is 12.5. The van der Waals surface area contributed by atoms with Crippen molar-refractivity contribution in [1.29, 1.82) is 0 Å². The quantitative estimate of drug-likeness (QED) is 0.753. The molecule has 0 bridgehead atoms. The van der Waals surface area contributed by atoms with Gasteiger partial charge < -0.3 is 10.1 Å². The van der Waals surface area contributed by atoms with Gasteiger partial charge in [-0.15, -0.1) is 0 Å². The lowest BCUT2D eigenvalue weighted by Gasteiger charge is -2.15. The van der Waals surface area contributed by atoms with E-state index in [0.717, 1.165) is 11.1 Å². The molecule has 1 atom stereocenters. The highest BCUT2D eigenvalue weighted by atomic mass is 16.5. The lowest BCUT2D eigenvalue weighted by atomic mass is 10.0. The molecule has 0 aliphatic heterocycles. The summed E-state index contributed by atoms with van der Waals surface area (Å²) in [6.45, 7) is 2.50. The van der Waals surface area contributed by atoms with Crippen LogP contribution in [0.4, 0.5) is 0 Å². The maximum Gasteiger partial charge on any atom is 0.251 e. The van der Waals surface area contributed by atoms with Crippen molar-refractivity contribution >= 4 is 16.7 Å². The molecule has 0 aliphatic carbocycles. The van der Waals surface area contributed by atoms with Crippen molar-refractivity contribution in [1.82, 2.24) is 5.32 Å². The summed E-state index contributed by atoms with van der Waals surface area (Å²) >= 11 is 0. The van der Waals surface area contributed by atoms with E-state index >= 15 is 0 Å². The Morgan fingerprint density at radius 2 is 1.79 bits per heavy atom. The summed E-state index contributed by atoms with van der Waals surface area (Å²) in [6.07, 6.45) is 0. The minimum atomic E-state index is -0.0754. The van der Waals surface area contributed by atoms with Crippen LogP contribution in [-0.2, 0) is 11.3 Å². The second-order valence-electron chi connectivity index (χ2n) is 5.94. The van der Waals surface area contributed by atoms with Crippen molar-refractivity contribution in [2.24, 2.45) is 0 Å². The molecule has 1 amide bonds. The van der Waals surface area contributed by atoms with Gasteiger partial charge in [-0.1, -0.05) is 48.5 Å². The van der Waals surface area contributed by atoms with E-state index in [-0.39, 0.29) is 11.9 Å². The van der Waals surface area contributed by atoms with E-state index in [1.165, 1.54) is 10.8 Å². The fourth-order valence-corrected chi connectivity index (χ4v) is 2.81. The van der Waals surface area contributed by atoms with Crippen LogP contribution in [0.15, 0.2) is 66.7 Å². The molecule has 0 saturated carbocycles. The van der Waals surface area contributed by atoms with E-state index in [9.17, 15) is 4.79 Å². The Kier molecular flexibility index (Phi) is 4.92. The van der Waals surface area contributed by atoms with E-state index in [1.54, 1.807) is 7.11 Å². The van der Waals surface area contributed by atoms with Gasteiger partial charge in [-0.2, -0.15) is 0 Å². The first-order valence-corrected chi connectivity index (χ1v) is 8.05. The molecule has 3 heteroatoms. The minimum Gasteiger partial charge on any atom is -0.380 e. The third-order valence-electron chi connectivity index (χ3n) is 4.12. The number of hydrogen-bond acceptors (Lipinski definition) is 2. The fraction of sp³-hybridized carbons (Fsp3) is 0.190. The molecule has 0 aromatic heterocycles. The highest BCUT2D eigenvalue weighted by molar-refractivity contribution is 5.94. The molecule has 0 radical (unpaired) electrons. The molecule has 0 heterocycles. The minimum absolute atomic E-state index is 0.0619. The number of carbonyl (C=O) groups excluding carboxylic acids is 1. The Hall–Kier alpha value is -2.65. The Labute approximate surface area is 142 Å². The van der Waals surface area contributed by atoms with E-state index in [4.69, 9.17) is 4.74 Å². The SMILES string of the molecule is COCc1cccc(C(=O)NC(C)c2ccc3ccccc3c2)c1. The zero-order valence-corrected chi connectivity index (χ0v) is 14.0. The molecule has 3 aromatic rings. The third-order valence-corrected chi connectivity index (χ3v) is 4.12. The highest BCUT2D eigenvalue weighted by Gasteiger charge is 2.12. The van der Waals surface area contributed by atoms with Crippen LogP contribution in [0.5, 0.6) is 0 Å². The Balaban J connectivity index is 1.76. The molecule has 0 fully saturated rings. The van der Waals surface area contributed by atoms with E-state index in [2.05, 4.69) is 35.6 Å². The number of nitrogens with one attached hydrogen (secondary N) is 1. The zero-order valence-electron chi connectivity index (χ0n) is 14.0. The van der Waals surface area contributed by atoms with Crippen LogP contribution < -0.4 is 5.32 Å². The van der Waals surface area contributed by atoms with Crippen LogP contribution in [0, 0.1) is 0 Å². The summed E-state index contributed by atoms with van der Waals surface area (Å²) < 4.78 is 5.12. The third kappa shape index (κ3) is 3.63. The number of hydrogen-bond donors (Lipinski definition) is 1. The zero-order chi connectivity index (χ0) is 16.9. The highest BCUT2D eigenvalue weighted by Crippen LogP contribution is 2.20. The molecule has 24 heavy (non-hydrogen) atoms. The van der Waals surface area contributed by atoms with Crippen LogP contribution in [0.2, 0.25) is 0 Å². The number of fused-ring (bicyclic) bond motifs is 1. The maximum atomic E-state index is 12.5. The average molecular weight is 319 g/mol. The molecule has 1 N–H and O–H groups in total. The summed E-state index contributed by atoms with van der Waals surface area (Å²) in [6, 6.07) is 22.0. The first-order chi connectivity index (χ1) is 11.7. The van der Waals surface area contributed by atoms with Crippen molar-refractivity contribution in [3.63, 3.8) is 0 Å². The van der Waals surface area contributed by atoms with Crippen LogP contribution in [0.3, 0.4) is 0 Å². The number of benzene rings is 3. The summed E-state index contributed by atoms with van der Waals surface area (Å²) in [5.74, 6) is -0.0754. The summed E-state index contributed by atoms with van der Waals surface area (Å²) in [5, 5.41) is 5.45. The predicted octanol–water partition coefficient (Wildman–Crippen LogP) is 4.48. The number of ether oxygens (including phenoxy) is 1. The first-order valence-electron chi connectivity index (χ1n) is 8.05. The molecular weight excluding hydrogens is 298 g/mol. The molecule has 122 valence electrons. The van der Waals surface area contributed by atoms with Crippen molar-refractivity contribution in [2.75, 3.05) is 7.11 Å². The first kappa shape index (κ1) is 16.2. The van der Waals surface area contributed by atoms with Crippen molar-refractivity contribution in [3.8, 4) is 0 Å². The van der Waals surface area contributed by atoms with Crippen molar-refractivity contribution < 1.29 is 9.53 Å². The average Bonchev–Trinajstić information content (AvgIpc) is 2.61. The predicted molar refractivity (Wildman–Crippen MR) is 97.0 cm³/mol. The van der Waals surface area contributed by atoms with Gasteiger partial charge in [0.05, 0.1) is 12.6 Å². The topological polar surface area (TPSA) is 38.3 Å². The smallest absolute Gasteiger partial charge is 0.251 e. The summed E-state index contributed by atoms with van der Waals surface area (Å²) in [7, 11) is 1.65. The van der Waals surface area contributed by atoms with Crippen LogP contribution in [0.25, 0.3) is 10.8 Å². The number of rotatable bonds is 5. The van der Waals surface area contributed by atoms with Gasteiger partial charge in [-0.05, 0) is 47.0 Å². The molecule has 3 nitrogen and oxygen atoms in total. The largest absolute Gasteiger partial charge is 0.380 e. The molecule has 3 rings (SSSR count). The van der Waals surface area contributed by atoms with Crippen LogP contribution >= 0.6 is 0 Å². The van der Waals surface area contributed by atoms with Gasteiger partial charge in [0.2, 0.25) is 0 Å². The molecule has 1 unspecified atom stereocenters. The van der Waals surface area contributed by atoms with Gasteiger partial charge in [-0.25, -0.2) is 0 Å². The lowest BCUT2D eigenvalue weighted by molar-refractivity contribution is 0.0939. The van der Waals surface area contributed by atoms with Gasteiger partial charge in [0.15, 0.2) is 0 Å². The molecule has 0 aliphatic rings. The fourth-order valence-electron chi connectivity index (χ4n) is 2.81.